The summed E-state index contributed by atoms with van der Waals surface area (Å²) >= 11 is 0. The summed E-state index contributed by atoms with van der Waals surface area (Å²) in [7, 11) is 0. The van der Waals surface area contributed by atoms with Crippen LogP contribution in [0.1, 0.15) is 68.0 Å². The molecule has 1 saturated carbocycles. The third-order valence-electron chi connectivity index (χ3n) is 7.69. The van der Waals surface area contributed by atoms with Crippen LogP contribution in [-0.4, -0.2) is 21.5 Å². The second-order valence-corrected chi connectivity index (χ2v) is 10.0. The number of hydrogen-bond donors (Lipinski definition) is 1. The molecule has 0 radical (unpaired) electrons. The van der Waals surface area contributed by atoms with Crippen LogP contribution in [0.5, 0.6) is 5.75 Å². The first-order valence-corrected chi connectivity index (χ1v) is 12.4. The molecule has 4 nitrogen and oxygen atoms in total. The van der Waals surface area contributed by atoms with Crippen molar-refractivity contribution in [2.45, 2.75) is 59.0 Å². The lowest BCUT2D eigenvalue weighted by molar-refractivity contribution is 0.0215. The van der Waals surface area contributed by atoms with Crippen LogP contribution in [0.2, 0.25) is 0 Å². The number of aliphatic hydroxyl groups excluding tert-OH is 1. The Balaban J connectivity index is 1.47. The number of hydrogen-bond acceptors (Lipinski definition) is 3. The Morgan fingerprint density at radius 1 is 1.24 bits per heavy atom. The topological polar surface area (TPSA) is 47.3 Å². The molecule has 1 N–H and O–H groups in total. The molecule has 0 aliphatic heterocycles. The summed E-state index contributed by atoms with van der Waals surface area (Å²) in [5, 5.41) is 16.2. The zero-order valence-corrected chi connectivity index (χ0v) is 20.2. The second kappa shape index (κ2) is 9.03. The Bertz CT molecular complexity index is 1210. The van der Waals surface area contributed by atoms with Crippen LogP contribution in [0.15, 0.2) is 54.2 Å². The fraction of sp³-hybridized carbons (Fsp3) is 0.414. The Morgan fingerprint density at radius 2 is 2.03 bits per heavy atom. The van der Waals surface area contributed by atoms with Crippen molar-refractivity contribution in [3.63, 3.8) is 0 Å². The zero-order valence-electron chi connectivity index (χ0n) is 20.2. The van der Waals surface area contributed by atoms with Gasteiger partial charge in [-0.3, -0.25) is 0 Å². The first-order chi connectivity index (χ1) is 16.4. The van der Waals surface area contributed by atoms with E-state index in [0.29, 0.717) is 6.61 Å². The lowest BCUT2D eigenvalue weighted by Gasteiger charge is -2.47. The maximum atomic E-state index is 14.2. The van der Waals surface area contributed by atoms with E-state index < -0.39 is 6.10 Å². The van der Waals surface area contributed by atoms with Crippen molar-refractivity contribution in [2.24, 2.45) is 11.3 Å². The standard InChI is InChI=1S/C29H33FN2O2/c1-4-14-34-27-15-20(10-13-25(27)30)28(33)24-7-5-6-22-16-26-21(17-29(22,24)3)18-31-32(26)23-11-8-19(2)9-12-23/h8-13,15-16,18,24,28,33H,4-7,14,17H2,1-3H3/t24-,28+,29+/m1/s1. The van der Waals surface area contributed by atoms with Crippen LogP contribution in [0, 0.1) is 24.1 Å². The van der Waals surface area contributed by atoms with Crippen LogP contribution in [0.4, 0.5) is 4.39 Å². The van der Waals surface area contributed by atoms with Crippen LogP contribution in [0.25, 0.3) is 11.8 Å². The van der Waals surface area contributed by atoms with Gasteiger partial charge in [-0.05, 0) is 91.8 Å². The molecule has 5 heteroatoms. The number of nitrogens with zero attached hydrogens (tertiary/aromatic N) is 2. The molecule has 0 amide bonds. The SMILES string of the molecule is CCCOc1cc([C@H](O)[C@H]2CCCC3=Cc4c(cnn4-c4ccc(C)cc4)C[C@@]32C)ccc1F. The van der Waals surface area contributed by atoms with Gasteiger partial charge in [0, 0.05) is 0 Å². The highest BCUT2D eigenvalue weighted by Crippen LogP contribution is 2.55. The van der Waals surface area contributed by atoms with E-state index in [1.165, 1.54) is 22.8 Å². The fourth-order valence-electron chi connectivity index (χ4n) is 5.74. The number of benzene rings is 2. The lowest BCUT2D eigenvalue weighted by atomic mass is 9.57. The molecule has 0 unspecified atom stereocenters. The highest BCUT2D eigenvalue weighted by molar-refractivity contribution is 5.61. The largest absolute Gasteiger partial charge is 0.491 e. The third-order valence-corrected chi connectivity index (χ3v) is 7.69. The molecule has 1 fully saturated rings. The molecule has 2 aliphatic rings. The van der Waals surface area contributed by atoms with Gasteiger partial charge >= 0.3 is 0 Å². The number of aryl methyl sites for hydroxylation is 1. The number of aromatic nitrogens is 2. The van der Waals surface area contributed by atoms with E-state index in [-0.39, 0.29) is 22.9 Å². The van der Waals surface area contributed by atoms with E-state index >= 15 is 0 Å². The average molecular weight is 461 g/mol. The summed E-state index contributed by atoms with van der Waals surface area (Å²) < 4.78 is 21.9. The summed E-state index contributed by atoms with van der Waals surface area (Å²) in [5.74, 6) is -0.126. The molecule has 3 atom stereocenters. The molecule has 0 spiro atoms. The van der Waals surface area contributed by atoms with Crippen LogP contribution in [-0.2, 0) is 6.42 Å². The number of rotatable bonds is 6. The van der Waals surface area contributed by atoms with Crippen LogP contribution < -0.4 is 4.74 Å². The average Bonchev–Trinajstić information content (AvgIpc) is 3.23. The van der Waals surface area contributed by atoms with Crippen molar-refractivity contribution >= 4 is 6.08 Å². The smallest absolute Gasteiger partial charge is 0.165 e. The first kappa shape index (κ1) is 22.9. The molecule has 1 heterocycles. The van der Waals surface area contributed by atoms with Gasteiger partial charge in [-0.2, -0.15) is 5.10 Å². The van der Waals surface area contributed by atoms with Crippen molar-refractivity contribution in [3.05, 3.63) is 82.4 Å². The molecule has 0 bridgehead atoms. The molecule has 178 valence electrons. The summed E-state index contributed by atoms with van der Waals surface area (Å²) in [6.45, 7) is 6.81. The van der Waals surface area contributed by atoms with Crippen molar-refractivity contribution < 1.29 is 14.2 Å². The highest BCUT2D eigenvalue weighted by Gasteiger charge is 2.46. The van der Waals surface area contributed by atoms with Crippen molar-refractivity contribution in [2.75, 3.05) is 6.61 Å². The number of halogens is 1. The van der Waals surface area contributed by atoms with E-state index in [1.54, 1.807) is 12.1 Å². The minimum atomic E-state index is -0.688. The quantitative estimate of drug-likeness (QED) is 0.451. The molecule has 1 aromatic heterocycles. The Morgan fingerprint density at radius 3 is 2.79 bits per heavy atom. The molecular formula is C29H33FN2O2. The summed E-state index contributed by atoms with van der Waals surface area (Å²) in [6.07, 6.45) is 8.20. The van der Waals surface area contributed by atoms with E-state index in [4.69, 9.17) is 9.84 Å². The monoisotopic (exact) mass is 460 g/mol. The first-order valence-electron chi connectivity index (χ1n) is 12.4. The number of allylic oxidation sites excluding steroid dienone is 1. The highest BCUT2D eigenvalue weighted by atomic mass is 19.1. The summed E-state index contributed by atoms with van der Waals surface area (Å²) in [4.78, 5) is 0. The maximum absolute atomic E-state index is 14.2. The minimum Gasteiger partial charge on any atom is -0.491 e. The Labute approximate surface area is 201 Å². The van der Waals surface area contributed by atoms with E-state index in [1.807, 2.05) is 17.8 Å². The minimum absolute atomic E-state index is 0.0351. The number of ether oxygens (including phenoxy) is 1. The predicted molar refractivity (Wildman–Crippen MR) is 133 cm³/mol. The summed E-state index contributed by atoms with van der Waals surface area (Å²) in [6, 6.07) is 13.2. The third kappa shape index (κ3) is 3.96. The van der Waals surface area contributed by atoms with Gasteiger partial charge in [0.15, 0.2) is 11.6 Å². The molecule has 34 heavy (non-hydrogen) atoms. The van der Waals surface area contributed by atoms with Gasteiger partial charge in [0.05, 0.1) is 30.3 Å². The predicted octanol–water partition coefficient (Wildman–Crippen LogP) is 6.59. The van der Waals surface area contributed by atoms with Crippen LogP contribution >= 0.6 is 0 Å². The molecular weight excluding hydrogens is 427 g/mol. The molecule has 3 aromatic rings. The number of fused-ring (bicyclic) bond motifs is 2. The molecule has 2 aliphatic carbocycles. The number of aliphatic hydroxyl groups is 1. The van der Waals surface area contributed by atoms with Gasteiger partial charge in [0.1, 0.15) is 0 Å². The van der Waals surface area contributed by atoms with Gasteiger partial charge < -0.3 is 9.84 Å². The van der Waals surface area contributed by atoms with Gasteiger partial charge in [-0.1, -0.05) is 43.2 Å². The van der Waals surface area contributed by atoms with Crippen LogP contribution in [0.3, 0.4) is 0 Å². The van der Waals surface area contributed by atoms with Gasteiger partial charge in [-0.25, -0.2) is 9.07 Å². The lowest BCUT2D eigenvalue weighted by Crippen LogP contribution is -2.40. The van der Waals surface area contributed by atoms with Crippen molar-refractivity contribution in [3.8, 4) is 11.4 Å². The molecule has 0 saturated heterocycles. The van der Waals surface area contributed by atoms with Gasteiger partial charge in [0.25, 0.3) is 0 Å². The maximum Gasteiger partial charge on any atom is 0.165 e. The molecule has 5 rings (SSSR count). The van der Waals surface area contributed by atoms with Gasteiger partial charge in [0.2, 0.25) is 0 Å². The second-order valence-electron chi connectivity index (χ2n) is 10.0. The fourth-order valence-corrected chi connectivity index (χ4v) is 5.74. The molecule has 2 aromatic carbocycles. The Kier molecular flexibility index (Phi) is 6.07. The zero-order chi connectivity index (χ0) is 23.9. The van der Waals surface area contributed by atoms with Crippen molar-refractivity contribution in [1.82, 2.24) is 9.78 Å². The van der Waals surface area contributed by atoms with E-state index in [9.17, 15) is 9.50 Å². The normalized spacial score (nSPS) is 22.5. The summed E-state index contributed by atoms with van der Waals surface area (Å²) in [5.41, 5.74) is 6.55. The van der Waals surface area contributed by atoms with E-state index in [2.05, 4.69) is 44.2 Å². The van der Waals surface area contributed by atoms with Crippen molar-refractivity contribution in [1.29, 1.82) is 0 Å². The van der Waals surface area contributed by atoms with Gasteiger partial charge in [-0.15, -0.1) is 0 Å². The Hall–Kier alpha value is -2.92. The van der Waals surface area contributed by atoms with E-state index in [0.717, 1.165) is 49.0 Å².